The molecule has 1 aliphatic rings. The van der Waals surface area contributed by atoms with Gasteiger partial charge in [0.1, 0.15) is 0 Å². The van der Waals surface area contributed by atoms with Crippen molar-refractivity contribution in [1.82, 2.24) is 10.3 Å². The molecule has 0 unspecified atom stereocenters. The summed E-state index contributed by atoms with van der Waals surface area (Å²) >= 11 is 0. The van der Waals surface area contributed by atoms with Gasteiger partial charge in [-0.1, -0.05) is 30.3 Å². The number of amides is 2. The molecule has 3 aromatic rings. The standard InChI is InChI=1S/C23H17N3O3/c27-21-18-13-17(22(28)25-14-16-8-10-24-11-9-16)6-7-20(18)26-23(29)19(21)12-15-4-2-1-3-5-15/h1-13H,14H2,(H,25,28)(H,26,29)/b19-12-. The van der Waals surface area contributed by atoms with Crippen molar-refractivity contribution in [3.05, 3.63) is 101 Å². The number of benzene rings is 2. The third-order valence-corrected chi connectivity index (χ3v) is 4.58. The van der Waals surface area contributed by atoms with Gasteiger partial charge in [-0.2, -0.15) is 0 Å². The Morgan fingerprint density at radius 1 is 1.00 bits per heavy atom. The van der Waals surface area contributed by atoms with Crippen LogP contribution in [0.25, 0.3) is 6.08 Å². The first-order chi connectivity index (χ1) is 14.1. The molecule has 0 bridgehead atoms. The predicted molar refractivity (Wildman–Crippen MR) is 109 cm³/mol. The van der Waals surface area contributed by atoms with E-state index in [-0.39, 0.29) is 11.5 Å². The molecule has 29 heavy (non-hydrogen) atoms. The van der Waals surface area contributed by atoms with Gasteiger partial charge in [-0.25, -0.2) is 0 Å². The summed E-state index contributed by atoms with van der Waals surface area (Å²) in [5, 5.41) is 5.53. The van der Waals surface area contributed by atoms with E-state index in [9.17, 15) is 14.4 Å². The van der Waals surface area contributed by atoms with E-state index < -0.39 is 11.7 Å². The maximum atomic E-state index is 12.9. The summed E-state index contributed by atoms with van der Waals surface area (Å²) in [4.78, 5) is 41.7. The number of pyridine rings is 1. The molecular formula is C23H17N3O3. The minimum absolute atomic E-state index is 0.0399. The number of rotatable bonds is 4. The first kappa shape index (κ1) is 18.3. The summed E-state index contributed by atoms with van der Waals surface area (Å²) in [6.45, 7) is 0.349. The van der Waals surface area contributed by atoms with Crippen LogP contribution in [0.5, 0.6) is 0 Å². The van der Waals surface area contributed by atoms with Crippen LogP contribution in [0.2, 0.25) is 0 Å². The molecule has 6 heteroatoms. The summed E-state index contributed by atoms with van der Waals surface area (Å²) in [7, 11) is 0. The zero-order valence-electron chi connectivity index (χ0n) is 15.4. The maximum absolute atomic E-state index is 12.9. The summed E-state index contributed by atoms with van der Waals surface area (Å²) in [5.41, 5.74) is 2.75. The van der Waals surface area contributed by atoms with Crippen molar-refractivity contribution in [3.63, 3.8) is 0 Å². The lowest BCUT2D eigenvalue weighted by molar-refractivity contribution is -0.112. The van der Waals surface area contributed by atoms with Gasteiger partial charge in [0.05, 0.1) is 11.3 Å². The van der Waals surface area contributed by atoms with Gasteiger partial charge in [-0.3, -0.25) is 19.4 Å². The normalized spacial score (nSPS) is 14.3. The van der Waals surface area contributed by atoms with E-state index in [1.54, 1.807) is 30.6 Å². The number of ketones is 1. The second kappa shape index (κ2) is 7.90. The van der Waals surface area contributed by atoms with Gasteiger partial charge in [0, 0.05) is 30.1 Å². The average molecular weight is 383 g/mol. The quantitative estimate of drug-likeness (QED) is 0.535. The summed E-state index contributed by atoms with van der Waals surface area (Å²) < 4.78 is 0. The van der Waals surface area contributed by atoms with Crippen molar-refractivity contribution in [2.45, 2.75) is 6.54 Å². The van der Waals surface area contributed by atoms with Crippen molar-refractivity contribution < 1.29 is 14.4 Å². The van der Waals surface area contributed by atoms with Gasteiger partial charge in [0.2, 0.25) is 5.78 Å². The van der Waals surface area contributed by atoms with Crippen LogP contribution in [0.3, 0.4) is 0 Å². The third kappa shape index (κ3) is 3.96. The van der Waals surface area contributed by atoms with E-state index in [1.165, 1.54) is 6.07 Å². The smallest absolute Gasteiger partial charge is 0.259 e. The van der Waals surface area contributed by atoms with Crippen molar-refractivity contribution in [3.8, 4) is 0 Å². The second-order valence-electron chi connectivity index (χ2n) is 6.55. The van der Waals surface area contributed by atoms with Gasteiger partial charge in [-0.15, -0.1) is 0 Å². The van der Waals surface area contributed by atoms with Gasteiger partial charge in [0.25, 0.3) is 11.8 Å². The molecule has 0 fully saturated rings. The Labute approximate surface area is 167 Å². The number of nitrogens with one attached hydrogen (secondary N) is 2. The molecule has 4 rings (SSSR count). The lowest BCUT2D eigenvalue weighted by Crippen LogP contribution is -2.28. The number of Topliss-reactive ketones (excluding diaryl/α,β-unsaturated/α-hetero) is 1. The van der Waals surface area contributed by atoms with Gasteiger partial charge in [-0.05, 0) is 47.5 Å². The topological polar surface area (TPSA) is 88.2 Å². The molecule has 2 N–H and O–H groups in total. The lowest BCUT2D eigenvalue weighted by atomic mass is 9.93. The Bertz CT molecular complexity index is 1120. The number of aromatic nitrogens is 1. The van der Waals surface area contributed by atoms with Crippen molar-refractivity contribution in [1.29, 1.82) is 0 Å². The number of hydrogen-bond acceptors (Lipinski definition) is 4. The van der Waals surface area contributed by atoms with Crippen LogP contribution in [-0.4, -0.2) is 22.6 Å². The summed E-state index contributed by atoms with van der Waals surface area (Å²) in [5.74, 6) is -1.17. The number of nitrogens with zero attached hydrogens (tertiary/aromatic N) is 1. The molecule has 2 heterocycles. The van der Waals surface area contributed by atoms with Crippen molar-refractivity contribution in [2.24, 2.45) is 0 Å². The van der Waals surface area contributed by atoms with Crippen LogP contribution in [0.1, 0.15) is 31.8 Å². The fraction of sp³-hybridized carbons (Fsp3) is 0.0435. The van der Waals surface area contributed by atoms with Crippen LogP contribution in [-0.2, 0) is 11.3 Å². The second-order valence-corrected chi connectivity index (χ2v) is 6.55. The highest BCUT2D eigenvalue weighted by Gasteiger charge is 2.29. The zero-order chi connectivity index (χ0) is 20.2. The Morgan fingerprint density at radius 2 is 1.76 bits per heavy atom. The van der Waals surface area contributed by atoms with E-state index in [1.807, 2.05) is 42.5 Å². The Morgan fingerprint density at radius 3 is 2.52 bits per heavy atom. The Balaban J connectivity index is 1.58. The van der Waals surface area contributed by atoms with E-state index in [4.69, 9.17) is 0 Å². The van der Waals surface area contributed by atoms with Crippen molar-refractivity contribution in [2.75, 3.05) is 5.32 Å². The highest BCUT2D eigenvalue weighted by atomic mass is 16.2. The highest BCUT2D eigenvalue weighted by Crippen LogP contribution is 2.27. The van der Waals surface area contributed by atoms with Crippen molar-refractivity contribution >= 4 is 29.4 Å². The third-order valence-electron chi connectivity index (χ3n) is 4.58. The number of carbonyl (C=O) groups excluding carboxylic acids is 3. The van der Waals surface area contributed by atoms with Crippen LogP contribution in [0.4, 0.5) is 5.69 Å². The SMILES string of the molecule is O=C1Nc2ccc(C(=O)NCc3ccncc3)cc2C(=O)/C1=C/c1ccccc1. The molecule has 1 aliphatic heterocycles. The molecule has 1 aromatic heterocycles. The van der Waals surface area contributed by atoms with E-state index in [0.717, 1.165) is 11.1 Å². The molecule has 2 amide bonds. The molecule has 0 radical (unpaired) electrons. The molecule has 0 saturated heterocycles. The fourth-order valence-electron chi connectivity index (χ4n) is 3.05. The largest absolute Gasteiger partial charge is 0.348 e. The number of anilines is 1. The van der Waals surface area contributed by atoms with E-state index >= 15 is 0 Å². The molecule has 2 aromatic carbocycles. The fourth-order valence-corrected chi connectivity index (χ4v) is 3.05. The minimum atomic E-state index is -0.457. The summed E-state index contributed by atoms with van der Waals surface area (Å²) in [6, 6.07) is 17.4. The first-order valence-electron chi connectivity index (χ1n) is 9.06. The number of hydrogen-bond donors (Lipinski definition) is 2. The van der Waals surface area contributed by atoms with E-state index in [2.05, 4.69) is 15.6 Å². The maximum Gasteiger partial charge on any atom is 0.259 e. The Hall–Kier alpha value is -4.06. The minimum Gasteiger partial charge on any atom is -0.348 e. The zero-order valence-corrected chi connectivity index (χ0v) is 15.4. The molecule has 0 aliphatic carbocycles. The predicted octanol–water partition coefficient (Wildman–Crippen LogP) is 3.23. The van der Waals surface area contributed by atoms with Crippen LogP contribution < -0.4 is 10.6 Å². The first-order valence-corrected chi connectivity index (χ1v) is 9.06. The molecule has 6 nitrogen and oxygen atoms in total. The Kier molecular flexibility index (Phi) is 4.99. The van der Waals surface area contributed by atoms with Crippen LogP contribution in [0.15, 0.2) is 78.6 Å². The van der Waals surface area contributed by atoms with Crippen LogP contribution in [0, 0.1) is 0 Å². The average Bonchev–Trinajstić information content (AvgIpc) is 2.76. The monoisotopic (exact) mass is 383 g/mol. The number of carbonyl (C=O) groups is 3. The molecular weight excluding hydrogens is 366 g/mol. The number of fused-ring (bicyclic) bond motifs is 1. The van der Waals surface area contributed by atoms with Gasteiger partial charge in [0.15, 0.2) is 0 Å². The lowest BCUT2D eigenvalue weighted by Gasteiger charge is -2.19. The van der Waals surface area contributed by atoms with Gasteiger partial charge < -0.3 is 10.6 Å². The summed E-state index contributed by atoms with van der Waals surface area (Å²) in [6.07, 6.45) is 4.86. The molecule has 0 saturated carbocycles. The molecule has 142 valence electrons. The highest BCUT2D eigenvalue weighted by molar-refractivity contribution is 6.36. The molecule has 0 spiro atoms. The van der Waals surface area contributed by atoms with Gasteiger partial charge >= 0.3 is 0 Å². The van der Waals surface area contributed by atoms with Crippen LogP contribution >= 0.6 is 0 Å². The van der Waals surface area contributed by atoms with E-state index in [0.29, 0.717) is 23.4 Å². The molecule has 0 atom stereocenters.